The SMILES string of the molecule is Cl.NC1CCN(C(=O)C(F)(F)c2ccccc2)CC1. The largest absolute Gasteiger partial charge is 0.349 e. The van der Waals surface area contributed by atoms with E-state index in [1.165, 1.54) is 29.2 Å². The van der Waals surface area contributed by atoms with E-state index in [1.54, 1.807) is 6.07 Å². The van der Waals surface area contributed by atoms with Gasteiger partial charge in [0.05, 0.1) is 0 Å². The van der Waals surface area contributed by atoms with Gasteiger partial charge in [0.15, 0.2) is 0 Å². The number of carbonyl (C=O) groups is 1. The van der Waals surface area contributed by atoms with E-state index in [9.17, 15) is 13.6 Å². The minimum Gasteiger partial charge on any atom is -0.337 e. The molecule has 0 unspecified atom stereocenters. The van der Waals surface area contributed by atoms with Gasteiger partial charge in [0.1, 0.15) is 0 Å². The van der Waals surface area contributed by atoms with Crippen LogP contribution in [0.4, 0.5) is 8.78 Å². The summed E-state index contributed by atoms with van der Waals surface area (Å²) in [5.74, 6) is -4.58. The molecule has 0 saturated carbocycles. The zero-order valence-electron chi connectivity index (χ0n) is 10.4. The second-order valence-corrected chi connectivity index (χ2v) is 4.57. The van der Waals surface area contributed by atoms with Crippen molar-refractivity contribution in [3.63, 3.8) is 0 Å². The molecule has 2 rings (SSSR count). The average molecular weight is 291 g/mol. The van der Waals surface area contributed by atoms with E-state index < -0.39 is 11.8 Å². The van der Waals surface area contributed by atoms with Crippen LogP contribution in [0.3, 0.4) is 0 Å². The van der Waals surface area contributed by atoms with Gasteiger partial charge in [0.2, 0.25) is 0 Å². The number of piperidine rings is 1. The van der Waals surface area contributed by atoms with E-state index in [0.717, 1.165) is 0 Å². The lowest BCUT2D eigenvalue weighted by Gasteiger charge is -2.32. The average Bonchev–Trinajstić information content (AvgIpc) is 2.40. The number of nitrogens with two attached hydrogens (primary N) is 1. The minimum absolute atomic E-state index is 0. The van der Waals surface area contributed by atoms with Crippen LogP contribution in [0.15, 0.2) is 30.3 Å². The van der Waals surface area contributed by atoms with Gasteiger partial charge >= 0.3 is 5.92 Å². The summed E-state index contributed by atoms with van der Waals surface area (Å²) in [6.07, 6.45) is 1.16. The molecule has 0 bridgehead atoms. The molecule has 1 aliphatic heterocycles. The van der Waals surface area contributed by atoms with Crippen LogP contribution in [0, 0.1) is 0 Å². The molecule has 1 aliphatic rings. The van der Waals surface area contributed by atoms with Gasteiger partial charge in [-0.05, 0) is 12.8 Å². The zero-order valence-corrected chi connectivity index (χ0v) is 11.2. The van der Waals surface area contributed by atoms with E-state index in [0.29, 0.717) is 25.9 Å². The summed E-state index contributed by atoms with van der Waals surface area (Å²) < 4.78 is 28.0. The molecule has 6 heteroatoms. The molecule has 2 N–H and O–H groups in total. The molecule has 1 heterocycles. The Balaban J connectivity index is 0.00000180. The minimum atomic E-state index is -3.46. The van der Waals surface area contributed by atoms with Gasteiger partial charge in [-0.3, -0.25) is 4.79 Å². The van der Waals surface area contributed by atoms with Crippen molar-refractivity contribution in [2.75, 3.05) is 13.1 Å². The van der Waals surface area contributed by atoms with Crippen LogP contribution in [-0.4, -0.2) is 29.9 Å². The number of alkyl halides is 2. The van der Waals surface area contributed by atoms with E-state index >= 15 is 0 Å². The molecule has 0 aromatic heterocycles. The summed E-state index contributed by atoms with van der Waals surface area (Å²) in [6.45, 7) is 0.616. The van der Waals surface area contributed by atoms with Gasteiger partial charge < -0.3 is 10.6 Å². The monoisotopic (exact) mass is 290 g/mol. The van der Waals surface area contributed by atoms with Crippen molar-refractivity contribution in [1.82, 2.24) is 4.90 Å². The molecule has 1 aromatic carbocycles. The standard InChI is InChI=1S/C13H16F2N2O.ClH/c14-13(15,10-4-2-1-3-5-10)12(18)17-8-6-11(16)7-9-17;/h1-5,11H,6-9,16H2;1H. The molecular weight excluding hydrogens is 274 g/mol. The highest BCUT2D eigenvalue weighted by Crippen LogP contribution is 2.30. The molecule has 1 aromatic rings. The second kappa shape index (κ2) is 6.30. The molecule has 0 radical (unpaired) electrons. The number of nitrogens with zero attached hydrogens (tertiary/aromatic N) is 1. The van der Waals surface area contributed by atoms with E-state index in [-0.39, 0.29) is 24.0 Å². The van der Waals surface area contributed by atoms with Crippen molar-refractivity contribution in [3.05, 3.63) is 35.9 Å². The Morgan fingerprint density at radius 3 is 2.26 bits per heavy atom. The molecular formula is C13H17ClF2N2O. The fourth-order valence-electron chi connectivity index (χ4n) is 2.07. The fourth-order valence-corrected chi connectivity index (χ4v) is 2.07. The lowest BCUT2D eigenvalue weighted by molar-refractivity contribution is -0.160. The Morgan fingerprint density at radius 1 is 1.21 bits per heavy atom. The maximum atomic E-state index is 14.0. The summed E-state index contributed by atoms with van der Waals surface area (Å²) in [7, 11) is 0. The first-order valence-corrected chi connectivity index (χ1v) is 6.00. The topological polar surface area (TPSA) is 46.3 Å². The smallest absolute Gasteiger partial charge is 0.337 e. The van der Waals surface area contributed by atoms with Crippen molar-refractivity contribution in [2.24, 2.45) is 5.73 Å². The molecule has 106 valence electrons. The Bertz CT molecular complexity index is 420. The third kappa shape index (κ3) is 3.42. The van der Waals surface area contributed by atoms with Gasteiger partial charge in [-0.25, -0.2) is 0 Å². The maximum Gasteiger partial charge on any atom is 0.349 e. The normalized spacial score (nSPS) is 16.9. The summed E-state index contributed by atoms with van der Waals surface area (Å²) in [5, 5.41) is 0. The molecule has 1 amide bonds. The number of likely N-dealkylation sites (tertiary alicyclic amines) is 1. The Morgan fingerprint density at radius 2 is 1.74 bits per heavy atom. The number of benzene rings is 1. The molecule has 1 saturated heterocycles. The summed E-state index contributed by atoms with van der Waals surface area (Å²) in [5.41, 5.74) is 5.43. The molecule has 0 spiro atoms. The number of amides is 1. The predicted octanol–water partition coefficient (Wildman–Crippen LogP) is 2.15. The number of carbonyl (C=O) groups excluding carboxylic acids is 1. The van der Waals surface area contributed by atoms with Gasteiger partial charge in [-0.2, -0.15) is 8.78 Å². The summed E-state index contributed by atoms with van der Waals surface area (Å²) >= 11 is 0. The van der Waals surface area contributed by atoms with Crippen LogP contribution in [0.5, 0.6) is 0 Å². The van der Waals surface area contributed by atoms with Crippen molar-refractivity contribution in [2.45, 2.75) is 24.8 Å². The molecule has 19 heavy (non-hydrogen) atoms. The van der Waals surface area contributed by atoms with Crippen LogP contribution in [0.2, 0.25) is 0 Å². The summed E-state index contributed by atoms with van der Waals surface area (Å²) in [6, 6.07) is 7.20. The lowest BCUT2D eigenvalue weighted by Crippen LogP contribution is -2.48. The van der Waals surface area contributed by atoms with Crippen LogP contribution < -0.4 is 5.73 Å². The number of hydrogen-bond donors (Lipinski definition) is 1. The van der Waals surface area contributed by atoms with Crippen LogP contribution in [0.25, 0.3) is 0 Å². The summed E-state index contributed by atoms with van der Waals surface area (Å²) in [4.78, 5) is 13.1. The predicted molar refractivity (Wildman–Crippen MR) is 71.4 cm³/mol. The van der Waals surface area contributed by atoms with Crippen LogP contribution in [0.1, 0.15) is 18.4 Å². The fraction of sp³-hybridized carbons (Fsp3) is 0.462. The number of halogens is 3. The van der Waals surface area contributed by atoms with Gasteiger partial charge in [-0.1, -0.05) is 30.3 Å². The van der Waals surface area contributed by atoms with Crippen molar-refractivity contribution in [1.29, 1.82) is 0 Å². The molecule has 3 nitrogen and oxygen atoms in total. The maximum absolute atomic E-state index is 14.0. The highest BCUT2D eigenvalue weighted by atomic mass is 35.5. The Hall–Kier alpha value is -1.20. The van der Waals surface area contributed by atoms with Crippen molar-refractivity contribution < 1.29 is 13.6 Å². The third-order valence-corrected chi connectivity index (χ3v) is 3.23. The third-order valence-electron chi connectivity index (χ3n) is 3.23. The van der Waals surface area contributed by atoms with E-state index in [1.807, 2.05) is 0 Å². The van der Waals surface area contributed by atoms with Gasteiger partial charge in [0, 0.05) is 24.7 Å². The highest BCUT2D eigenvalue weighted by Gasteiger charge is 2.44. The second-order valence-electron chi connectivity index (χ2n) is 4.57. The van der Waals surface area contributed by atoms with E-state index in [2.05, 4.69) is 0 Å². The first kappa shape index (κ1) is 15.9. The molecule has 0 aliphatic carbocycles. The molecule has 0 atom stereocenters. The van der Waals surface area contributed by atoms with E-state index in [4.69, 9.17) is 5.73 Å². The van der Waals surface area contributed by atoms with Crippen LogP contribution in [-0.2, 0) is 10.7 Å². The first-order valence-electron chi connectivity index (χ1n) is 6.00. The zero-order chi connectivity index (χ0) is 13.2. The highest BCUT2D eigenvalue weighted by molar-refractivity contribution is 5.85. The van der Waals surface area contributed by atoms with Crippen LogP contribution >= 0.6 is 12.4 Å². The lowest BCUT2D eigenvalue weighted by atomic mass is 10.0. The first-order chi connectivity index (χ1) is 8.51. The Labute approximate surface area is 117 Å². The van der Waals surface area contributed by atoms with Crippen molar-refractivity contribution in [3.8, 4) is 0 Å². The Kier molecular flexibility index (Phi) is 5.26. The molecule has 1 fully saturated rings. The van der Waals surface area contributed by atoms with Gasteiger partial charge in [0.25, 0.3) is 5.91 Å². The van der Waals surface area contributed by atoms with Gasteiger partial charge in [-0.15, -0.1) is 12.4 Å². The number of rotatable bonds is 2. The number of hydrogen-bond acceptors (Lipinski definition) is 2. The van der Waals surface area contributed by atoms with Crippen molar-refractivity contribution >= 4 is 18.3 Å². The quantitative estimate of drug-likeness (QED) is 0.907.